The van der Waals surface area contributed by atoms with Gasteiger partial charge in [-0.05, 0) is 24.5 Å². The number of carboxylic acid groups (broad SMARTS) is 1. The Balaban J connectivity index is 2.25. The summed E-state index contributed by atoms with van der Waals surface area (Å²) in [4.78, 5) is 11.2. The third kappa shape index (κ3) is 4.59. The minimum absolute atomic E-state index is 0.0441. The van der Waals surface area contributed by atoms with Crippen molar-refractivity contribution < 1.29 is 27.8 Å². The summed E-state index contributed by atoms with van der Waals surface area (Å²) in [5, 5.41) is 9.19. The molecule has 0 radical (unpaired) electrons. The number of nitrogens with one attached hydrogen (secondary N) is 1. The largest absolute Gasteiger partial charge is 0.490 e. The van der Waals surface area contributed by atoms with Crippen molar-refractivity contribution >= 4 is 16.0 Å². The molecule has 128 valence electrons. The van der Waals surface area contributed by atoms with Crippen molar-refractivity contribution in [1.82, 2.24) is 4.72 Å². The van der Waals surface area contributed by atoms with Crippen molar-refractivity contribution in [2.45, 2.75) is 37.6 Å². The number of carbonyl (C=O) groups is 1. The van der Waals surface area contributed by atoms with Crippen LogP contribution in [0.4, 0.5) is 0 Å². The van der Waals surface area contributed by atoms with Crippen LogP contribution in [-0.4, -0.2) is 38.7 Å². The number of aliphatic carboxylic acids is 1. The Morgan fingerprint density at radius 1 is 1.26 bits per heavy atom. The van der Waals surface area contributed by atoms with Crippen molar-refractivity contribution in [3.8, 4) is 11.5 Å². The van der Waals surface area contributed by atoms with Crippen molar-refractivity contribution in [3.63, 3.8) is 0 Å². The van der Waals surface area contributed by atoms with Gasteiger partial charge in [-0.15, -0.1) is 0 Å². The zero-order valence-corrected chi connectivity index (χ0v) is 13.9. The summed E-state index contributed by atoms with van der Waals surface area (Å²) in [5.74, 6) is -0.321. The average molecular weight is 343 g/mol. The molecule has 2 rings (SSSR count). The van der Waals surface area contributed by atoms with Gasteiger partial charge >= 0.3 is 5.97 Å². The summed E-state index contributed by atoms with van der Waals surface area (Å²) < 4.78 is 38.0. The first-order valence-electron chi connectivity index (χ1n) is 7.44. The van der Waals surface area contributed by atoms with E-state index in [0.717, 1.165) is 0 Å². The molecule has 1 aliphatic heterocycles. The van der Waals surface area contributed by atoms with Crippen LogP contribution in [0.15, 0.2) is 23.1 Å². The van der Waals surface area contributed by atoms with Gasteiger partial charge in [-0.3, -0.25) is 4.79 Å². The molecule has 1 atom stereocenters. The van der Waals surface area contributed by atoms with Crippen LogP contribution in [0.25, 0.3) is 0 Å². The van der Waals surface area contributed by atoms with E-state index in [1.807, 2.05) is 13.8 Å². The fourth-order valence-corrected chi connectivity index (χ4v) is 3.45. The number of hydrogen-bond donors (Lipinski definition) is 2. The van der Waals surface area contributed by atoms with E-state index in [1.165, 1.54) is 18.2 Å². The monoisotopic (exact) mass is 343 g/mol. The third-order valence-corrected chi connectivity index (χ3v) is 4.80. The lowest BCUT2D eigenvalue weighted by Crippen LogP contribution is -2.41. The summed E-state index contributed by atoms with van der Waals surface area (Å²) in [6.07, 6.45) is 0.920. The maximum atomic E-state index is 12.4. The number of fused-ring (bicyclic) bond motifs is 1. The van der Waals surface area contributed by atoms with Gasteiger partial charge in [0.25, 0.3) is 0 Å². The highest BCUT2D eigenvalue weighted by atomic mass is 32.2. The molecule has 1 heterocycles. The highest BCUT2D eigenvalue weighted by Gasteiger charge is 2.27. The van der Waals surface area contributed by atoms with Crippen molar-refractivity contribution in [1.29, 1.82) is 0 Å². The number of carboxylic acids is 1. The number of hydrogen-bond acceptors (Lipinski definition) is 5. The van der Waals surface area contributed by atoms with Gasteiger partial charge in [0.1, 0.15) is 6.04 Å². The second-order valence-electron chi connectivity index (χ2n) is 5.80. The molecule has 7 nitrogen and oxygen atoms in total. The van der Waals surface area contributed by atoms with Gasteiger partial charge in [0.2, 0.25) is 10.0 Å². The first kappa shape index (κ1) is 17.6. The third-order valence-electron chi connectivity index (χ3n) is 3.33. The molecule has 2 N–H and O–H groups in total. The number of ether oxygens (including phenoxy) is 2. The van der Waals surface area contributed by atoms with Crippen LogP contribution in [0.2, 0.25) is 0 Å². The lowest BCUT2D eigenvalue weighted by molar-refractivity contribution is -0.139. The van der Waals surface area contributed by atoms with Crippen molar-refractivity contribution in [2.24, 2.45) is 5.92 Å². The van der Waals surface area contributed by atoms with Gasteiger partial charge in [0, 0.05) is 12.5 Å². The van der Waals surface area contributed by atoms with E-state index in [2.05, 4.69) is 4.72 Å². The standard InChI is InChI=1S/C15H21NO6S/c1-10(2)8-12(15(17)18)16-23(19,20)11-4-5-13-14(9-11)22-7-3-6-21-13/h4-5,9-10,12,16H,3,6-8H2,1-2H3,(H,17,18)/t12-/m1/s1. The van der Waals surface area contributed by atoms with Gasteiger partial charge in [0.05, 0.1) is 18.1 Å². The van der Waals surface area contributed by atoms with Crippen molar-refractivity contribution in [2.75, 3.05) is 13.2 Å². The maximum absolute atomic E-state index is 12.4. The van der Waals surface area contributed by atoms with Crippen LogP contribution in [0.3, 0.4) is 0 Å². The quantitative estimate of drug-likeness (QED) is 0.814. The van der Waals surface area contributed by atoms with Gasteiger partial charge < -0.3 is 14.6 Å². The molecule has 1 aromatic carbocycles. The van der Waals surface area contributed by atoms with Gasteiger partial charge in [0.15, 0.2) is 11.5 Å². The van der Waals surface area contributed by atoms with E-state index in [4.69, 9.17) is 9.47 Å². The van der Waals surface area contributed by atoms with Crippen LogP contribution < -0.4 is 14.2 Å². The minimum atomic E-state index is -3.96. The summed E-state index contributed by atoms with van der Waals surface area (Å²) in [5.41, 5.74) is 0. The number of benzene rings is 1. The molecule has 0 unspecified atom stereocenters. The number of sulfonamides is 1. The van der Waals surface area contributed by atoms with Crippen LogP contribution in [0.1, 0.15) is 26.7 Å². The molecular formula is C15H21NO6S. The highest BCUT2D eigenvalue weighted by molar-refractivity contribution is 7.89. The fourth-order valence-electron chi connectivity index (χ4n) is 2.24. The molecule has 0 saturated heterocycles. The van der Waals surface area contributed by atoms with E-state index >= 15 is 0 Å². The van der Waals surface area contributed by atoms with Crippen molar-refractivity contribution in [3.05, 3.63) is 18.2 Å². The Morgan fingerprint density at radius 3 is 2.52 bits per heavy atom. The SMILES string of the molecule is CC(C)C[C@@H](NS(=O)(=O)c1ccc2c(c1)OCCCO2)C(=O)O. The summed E-state index contributed by atoms with van der Waals surface area (Å²) in [6, 6.07) is 3.09. The molecule has 8 heteroatoms. The van der Waals surface area contributed by atoms with E-state index in [9.17, 15) is 18.3 Å². The molecule has 1 aromatic rings. The van der Waals surface area contributed by atoms with Crippen LogP contribution >= 0.6 is 0 Å². The molecule has 0 aliphatic carbocycles. The highest BCUT2D eigenvalue weighted by Crippen LogP contribution is 2.32. The van der Waals surface area contributed by atoms with Gasteiger partial charge in [-0.25, -0.2) is 8.42 Å². The molecule has 1 aliphatic rings. The topological polar surface area (TPSA) is 102 Å². The van der Waals surface area contributed by atoms with E-state index < -0.39 is 22.0 Å². The molecule has 23 heavy (non-hydrogen) atoms. The van der Waals surface area contributed by atoms with E-state index in [0.29, 0.717) is 31.1 Å². The van der Waals surface area contributed by atoms with Gasteiger partial charge in [-0.1, -0.05) is 13.8 Å². The second-order valence-corrected chi connectivity index (χ2v) is 7.51. The molecule has 0 aromatic heterocycles. The molecule has 0 saturated carbocycles. The van der Waals surface area contributed by atoms with Crippen LogP contribution in [0, 0.1) is 5.92 Å². The molecule has 0 amide bonds. The Morgan fingerprint density at radius 2 is 1.91 bits per heavy atom. The van der Waals surface area contributed by atoms with E-state index in [-0.39, 0.29) is 17.2 Å². The average Bonchev–Trinajstić information content (AvgIpc) is 2.70. The maximum Gasteiger partial charge on any atom is 0.321 e. The number of rotatable bonds is 6. The molecule has 0 bridgehead atoms. The summed E-state index contributed by atoms with van der Waals surface area (Å²) >= 11 is 0. The fraction of sp³-hybridized carbons (Fsp3) is 0.533. The molecule has 0 fully saturated rings. The normalized spacial score (nSPS) is 16.0. The lowest BCUT2D eigenvalue weighted by atomic mass is 10.1. The Labute approximate surface area is 135 Å². The van der Waals surface area contributed by atoms with Crippen LogP contribution in [0.5, 0.6) is 11.5 Å². The molecule has 0 spiro atoms. The minimum Gasteiger partial charge on any atom is -0.490 e. The molecular weight excluding hydrogens is 322 g/mol. The van der Waals surface area contributed by atoms with Gasteiger partial charge in [-0.2, -0.15) is 4.72 Å². The first-order valence-corrected chi connectivity index (χ1v) is 8.92. The Hall–Kier alpha value is -1.80. The Bertz CT molecular complexity index is 671. The predicted molar refractivity (Wildman–Crippen MR) is 83.2 cm³/mol. The predicted octanol–water partition coefficient (Wildman–Crippen LogP) is 1.63. The lowest BCUT2D eigenvalue weighted by Gasteiger charge is -2.17. The van der Waals surface area contributed by atoms with E-state index in [1.54, 1.807) is 0 Å². The summed E-state index contributed by atoms with van der Waals surface area (Å²) in [6.45, 7) is 4.61. The van der Waals surface area contributed by atoms with Crippen LogP contribution in [-0.2, 0) is 14.8 Å². The second kappa shape index (κ2) is 7.18. The first-order chi connectivity index (χ1) is 10.8. The summed E-state index contributed by atoms with van der Waals surface area (Å²) in [7, 11) is -3.96. The zero-order chi connectivity index (χ0) is 17.0. The zero-order valence-electron chi connectivity index (χ0n) is 13.1. The Kier molecular flexibility index (Phi) is 5.48. The smallest absolute Gasteiger partial charge is 0.321 e.